The second-order valence-electron chi connectivity index (χ2n) is 5.94. The number of ether oxygens (including phenoxy) is 1. The third-order valence-corrected chi connectivity index (χ3v) is 4.02. The molecule has 2 aromatic carbocycles. The van der Waals surface area contributed by atoms with E-state index in [0.717, 1.165) is 22.6 Å². The average Bonchev–Trinajstić information content (AvgIpc) is 2.66. The van der Waals surface area contributed by atoms with E-state index in [-0.39, 0.29) is 5.91 Å². The molecule has 0 radical (unpaired) electrons. The summed E-state index contributed by atoms with van der Waals surface area (Å²) in [6.45, 7) is 2.00. The molecule has 0 bridgehead atoms. The molecule has 2 N–H and O–H groups in total. The van der Waals surface area contributed by atoms with Crippen molar-refractivity contribution < 1.29 is 9.53 Å². The van der Waals surface area contributed by atoms with Crippen LogP contribution in [0.5, 0.6) is 5.75 Å². The van der Waals surface area contributed by atoms with Crippen LogP contribution < -0.4 is 15.4 Å². The van der Waals surface area contributed by atoms with Crippen LogP contribution in [0.2, 0.25) is 0 Å². The molecule has 1 aromatic heterocycles. The SMILES string of the molecule is COc1ccc(Nc2ccc(NC(=O)Cc3ccccc3C)cn2)cc1. The van der Waals surface area contributed by atoms with E-state index in [0.29, 0.717) is 17.9 Å². The van der Waals surface area contributed by atoms with Gasteiger partial charge in [0.1, 0.15) is 11.6 Å². The van der Waals surface area contributed by atoms with Crippen molar-refractivity contribution in [2.45, 2.75) is 13.3 Å². The highest BCUT2D eigenvalue weighted by molar-refractivity contribution is 5.92. The van der Waals surface area contributed by atoms with Crippen molar-refractivity contribution in [1.82, 2.24) is 4.98 Å². The molecule has 5 nitrogen and oxygen atoms in total. The van der Waals surface area contributed by atoms with Crippen LogP contribution in [0.3, 0.4) is 0 Å². The third-order valence-electron chi connectivity index (χ3n) is 4.02. The van der Waals surface area contributed by atoms with Crippen LogP contribution in [-0.2, 0) is 11.2 Å². The zero-order chi connectivity index (χ0) is 18.4. The topological polar surface area (TPSA) is 63.2 Å². The van der Waals surface area contributed by atoms with Gasteiger partial charge in [0, 0.05) is 5.69 Å². The lowest BCUT2D eigenvalue weighted by Gasteiger charge is -2.09. The molecule has 3 rings (SSSR count). The summed E-state index contributed by atoms with van der Waals surface area (Å²) in [7, 11) is 1.64. The maximum Gasteiger partial charge on any atom is 0.228 e. The minimum Gasteiger partial charge on any atom is -0.497 e. The van der Waals surface area contributed by atoms with E-state index < -0.39 is 0 Å². The first kappa shape index (κ1) is 17.5. The monoisotopic (exact) mass is 347 g/mol. The van der Waals surface area contributed by atoms with E-state index in [1.165, 1.54) is 0 Å². The van der Waals surface area contributed by atoms with E-state index in [1.54, 1.807) is 13.3 Å². The van der Waals surface area contributed by atoms with Gasteiger partial charge in [-0.05, 0) is 54.4 Å². The number of aryl methyl sites for hydroxylation is 1. The summed E-state index contributed by atoms with van der Waals surface area (Å²) in [5.74, 6) is 1.44. The Kier molecular flexibility index (Phi) is 5.49. The molecule has 0 spiro atoms. The van der Waals surface area contributed by atoms with Crippen molar-refractivity contribution >= 4 is 23.1 Å². The van der Waals surface area contributed by atoms with Crippen molar-refractivity contribution in [3.63, 3.8) is 0 Å². The van der Waals surface area contributed by atoms with E-state index in [4.69, 9.17) is 4.74 Å². The molecule has 0 aliphatic carbocycles. The molecule has 0 aliphatic rings. The predicted molar refractivity (Wildman–Crippen MR) is 104 cm³/mol. The summed E-state index contributed by atoms with van der Waals surface area (Å²) in [5.41, 5.74) is 3.72. The molecule has 0 unspecified atom stereocenters. The molecule has 5 heteroatoms. The van der Waals surface area contributed by atoms with Crippen LogP contribution in [0, 0.1) is 6.92 Å². The fourth-order valence-electron chi connectivity index (χ4n) is 2.55. The molecule has 0 fully saturated rings. The number of methoxy groups -OCH3 is 1. The number of aromatic nitrogens is 1. The molecule has 0 saturated carbocycles. The molecule has 0 saturated heterocycles. The van der Waals surface area contributed by atoms with Crippen LogP contribution in [0.25, 0.3) is 0 Å². The quantitative estimate of drug-likeness (QED) is 0.697. The Balaban J connectivity index is 1.58. The standard InChI is InChI=1S/C21H21N3O2/c1-15-5-3-4-6-16(15)13-21(25)24-18-9-12-20(22-14-18)23-17-7-10-19(26-2)11-8-17/h3-12,14H,13H2,1-2H3,(H,22,23)(H,24,25). The van der Waals surface area contributed by atoms with Gasteiger partial charge in [-0.25, -0.2) is 4.98 Å². The van der Waals surface area contributed by atoms with Crippen LogP contribution >= 0.6 is 0 Å². The zero-order valence-electron chi connectivity index (χ0n) is 14.8. The summed E-state index contributed by atoms with van der Waals surface area (Å²) in [5, 5.41) is 6.08. The summed E-state index contributed by atoms with van der Waals surface area (Å²) >= 11 is 0. The summed E-state index contributed by atoms with van der Waals surface area (Å²) in [4.78, 5) is 16.5. The molecule has 26 heavy (non-hydrogen) atoms. The van der Waals surface area contributed by atoms with Crippen molar-refractivity contribution in [2.75, 3.05) is 17.7 Å². The minimum absolute atomic E-state index is 0.0584. The number of amides is 1. The molecular weight excluding hydrogens is 326 g/mol. The fourth-order valence-corrected chi connectivity index (χ4v) is 2.55. The Labute approximate surface area is 153 Å². The summed E-state index contributed by atoms with van der Waals surface area (Å²) < 4.78 is 5.14. The van der Waals surface area contributed by atoms with Crippen LogP contribution in [0.15, 0.2) is 66.9 Å². The minimum atomic E-state index is -0.0584. The van der Waals surface area contributed by atoms with E-state index >= 15 is 0 Å². The Hall–Kier alpha value is -3.34. The van der Waals surface area contributed by atoms with E-state index in [9.17, 15) is 4.79 Å². The van der Waals surface area contributed by atoms with Gasteiger partial charge < -0.3 is 15.4 Å². The van der Waals surface area contributed by atoms with Gasteiger partial charge in [0.15, 0.2) is 0 Å². The van der Waals surface area contributed by atoms with E-state index in [2.05, 4.69) is 15.6 Å². The van der Waals surface area contributed by atoms with Crippen molar-refractivity contribution in [1.29, 1.82) is 0 Å². The number of hydrogen-bond acceptors (Lipinski definition) is 4. The van der Waals surface area contributed by atoms with Crippen molar-refractivity contribution in [3.8, 4) is 5.75 Å². The number of hydrogen-bond donors (Lipinski definition) is 2. The maximum absolute atomic E-state index is 12.2. The van der Waals surface area contributed by atoms with Gasteiger partial charge in [0.05, 0.1) is 25.4 Å². The smallest absolute Gasteiger partial charge is 0.228 e. The normalized spacial score (nSPS) is 10.2. The average molecular weight is 347 g/mol. The highest BCUT2D eigenvalue weighted by Gasteiger charge is 2.06. The highest BCUT2D eigenvalue weighted by atomic mass is 16.5. The number of anilines is 3. The van der Waals surface area contributed by atoms with Crippen LogP contribution in [-0.4, -0.2) is 18.0 Å². The number of benzene rings is 2. The summed E-state index contributed by atoms with van der Waals surface area (Å²) in [6, 6.07) is 19.1. The van der Waals surface area contributed by atoms with Crippen LogP contribution in [0.1, 0.15) is 11.1 Å². The largest absolute Gasteiger partial charge is 0.497 e. The van der Waals surface area contributed by atoms with Gasteiger partial charge in [-0.2, -0.15) is 0 Å². The molecule has 1 heterocycles. The number of pyridine rings is 1. The number of carbonyl (C=O) groups is 1. The molecule has 1 amide bonds. The third kappa shape index (κ3) is 4.60. The Morgan fingerprint density at radius 1 is 1.00 bits per heavy atom. The lowest BCUT2D eigenvalue weighted by atomic mass is 10.1. The van der Waals surface area contributed by atoms with Gasteiger partial charge >= 0.3 is 0 Å². The number of rotatable bonds is 6. The second-order valence-corrected chi connectivity index (χ2v) is 5.94. The Morgan fingerprint density at radius 2 is 1.73 bits per heavy atom. The zero-order valence-corrected chi connectivity index (χ0v) is 14.8. The predicted octanol–water partition coefficient (Wildman–Crippen LogP) is 4.32. The number of nitrogens with one attached hydrogen (secondary N) is 2. The van der Waals surface area contributed by atoms with Crippen LogP contribution in [0.4, 0.5) is 17.2 Å². The van der Waals surface area contributed by atoms with Gasteiger partial charge in [0.25, 0.3) is 0 Å². The van der Waals surface area contributed by atoms with Crippen molar-refractivity contribution in [3.05, 3.63) is 78.0 Å². The van der Waals surface area contributed by atoms with Gasteiger partial charge in [-0.15, -0.1) is 0 Å². The van der Waals surface area contributed by atoms with E-state index in [1.807, 2.05) is 67.6 Å². The first-order chi connectivity index (χ1) is 12.6. The highest BCUT2D eigenvalue weighted by Crippen LogP contribution is 2.19. The van der Waals surface area contributed by atoms with Gasteiger partial charge in [-0.1, -0.05) is 24.3 Å². The maximum atomic E-state index is 12.2. The fraction of sp³-hybridized carbons (Fsp3) is 0.143. The molecular formula is C21H21N3O2. The lowest BCUT2D eigenvalue weighted by Crippen LogP contribution is -2.15. The van der Waals surface area contributed by atoms with Gasteiger partial charge in [-0.3, -0.25) is 4.79 Å². The number of nitrogens with zero attached hydrogens (tertiary/aromatic N) is 1. The molecule has 132 valence electrons. The van der Waals surface area contributed by atoms with Crippen molar-refractivity contribution in [2.24, 2.45) is 0 Å². The van der Waals surface area contributed by atoms with Gasteiger partial charge in [0.2, 0.25) is 5.91 Å². The molecule has 0 atom stereocenters. The molecule has 3 aromatic rings. The molecule has 0 aliphatic heterocycles. The first-order valence-corrected chi connectivity index (χ1v) is 8.35. The Bertz CT molecular complexity index is 875. The number of carbonyl (C=O) groups excluding carboxylic acids is 1. The summed E-state index contributed by atoms with van der Waals surface area (Å²) in [6.07, 6.45) is 1.99. The second kappa shape index (κ2) is 8.16. The lowest BCUT2D eigenvalue weighted by molar-refractivity contribution is -0.115. The Morgan fingerprint density at radius 3 is 2.38 bits per heavy atom. The first-order valence-electron chi connectivity index (χ1n) is 8.35.